The first-order chi connectivity index (χ1) is 12.8. The van der Waals surface area contributed by atoms with E-state index in [9.17, 15) is 13.2 Å². The lowest BCUT2D eigenvalue weighted by Crippen LogP contribution is -2.30. The largest absolute Gasteiger partial charge is 0.334 e. The lowest BCUT2D eigenvalue weighted by atomic mass is 10.1. The monoisotopic (exact) mass is 401 g/mol. The number of amides is 1. The number of nitrogens with two attached hydrogens (primary N) is 1. The number of nitrogens with zero attached hydrogens (tertiary/aromatic N) is 2. The van der Waals surface area contributed by atoms with Crippen LogP contribution < -0.4 is 5.14 Å². The minimum atomic E-state index is -3.74. The number of carbonyl (C=O) groups is 1. The first kappa shape index (κ1) is 19.2. The van der Waals surface area contributed by atoms with Gasteiger partial charge in [0.25, 0.3) is 5.91 Å². The molecule has 1 amide bonds. The van der Waals surface area contributed by atoms with Gasteiger partial charge in [0.05, 0.1) is 10.9 Å². The molecule has 8 heteroatoms. The maximum absolute atomic E-state index is 12.8. The average molecular weight is 402 g/mol. The molecule has 27 heavy (non-hydrogen) atoms. The van der Waals surface area contributed by atoms with E-state index in [1.54, 1.807) is 29.5 Å². The van der Waals surface area contributed by atoms with E-state index in [1.807, 2.05) is 37.3 Å². The molecule has 2 aromatic carbocycles. The topological polar surface area (TPSA) is 93.4 Å². The standard InChI is InChI=1S/C19H19N3O3S2/c1-13(14-8-10-16(11-9-14)27(20,24)25)22(2)19(23)17-12-26-18(21-17)15-6-4-3-5-7-15/h3-13H,1-2H3,(H2,20,24,25)/t13-/m0/s1. The quantitative estimate of drug-likeness (QED) is 0.710. The third-order valence-electron chi connectivity index (χ3n) is 4.34. The highest BCUT2D eigenvalue weighted by Crippen LogP contribution is 2.26. The molecule has 0 radical (unpaired) electrons. The zero-order valence-corrected chi connectivity index (χ0v) is 16.5. The number of hydrogen-bond donors (Lipinski definition) is 1. The summed E-state index contributed by atoms with van der Waals surface area (Å²) in [5, 5.41) is 7.66. The van der Waals surface area contributed by atoms with E-state index in [0.29, 0.717) is 5.69 Å². The molecule has 0 unspecified atom stereocenters. The van der Waals surface area contributed by atoms with Gasteiger partial charge in [-0.2, -0.15) is 0 Å². The normalized spacial score (nSPS) is 12.6. The Hall–Kier alpha value is -2.55. The van der Waals surface area contributed by atoms with Gasteiger partial charge in [0.1, 0.15) is 10.7 Å². The third-order valence-corrected chi connectivity index (χ3v) is 6.16. The minimum Gasteiger partial charge on any atom is -0.334 e. The van der Waals surface area contributed by atoms with E-state index in [1.165, 1.54) is 23.5 Å². The predicted molar refractivity (Wildman–Crippen MR) is 106 cm³/mol. The van der Waals surface area contributed by atoms with Gasteiger partial charge in [-0.15, -0.1) is 11.3 Å². The average Bonchev–Trinajstić information content (AvgIpc) is 3.16. The highest BCUT2D eigenvalue weighted by atomic mass is 32.2. The van der Waals surface area contributed by atoms with Crippen LogP contribution in [0.5, 0.6) is 0 Å². The summed E-state index contributed by atoms with van der Waals surface area (Å²) in [6.45, 7) is 1.87. The van der Waals surface area contributed by atoms with Gasteiger partial charge in [-0.1, -0.05) is 42.5 Å². The van der Waals surface area contributed by atoms with Crippen LogP contribution in [0.2, 0.25) is 0 Å². The summed E-state index contributed by atoms with van der Waals surface area (Å²) < 4.78 is 22.7. The van der Waals surface area contributed by atoms with Crippen molar-refractivity contribution in [1.29, 1.82) is 0 Å². The Balaban J connectivity index is 1.78. The second-order valence-electron chi connectivity index (χ2n) is 6.11. The molecule has 1 heterocycles. The zero-order valence-electron chi connectivity index (χ0n) is 14.9. The number of hydrogen-bond acceptors (Lipinski definition) is 5. The van der Waals surface area contributed by atoms with Gasteiger partial charge in [0, 0.05) is 18.0 Å². The van der Waals surface area contributed by atoms with Gasteiger partial charge in [-0.3, -0.25) is 4.79 Å². The molecule has 0 aliphatic heterocycles. The lowest BCUT2D eigenvalue weighted by molar-refractivity contribution is 0.0737. The first-order valence-electron chi connectivity index (χ1n) is 8.18. The van der Waals surface area contributed by atoms with Crippen LogP contribution in [0.4, 0.5) is 0 Å². The van der Waals surface area contributed by atoms with Crippen molar-refractivity contribution in [2.45, 2.75) is 17.9 Å². The van der Waals surface area contributed by atoms with E-state index in [-0.39, 0.29) is 16.8 Å². The highest BCUT2D eigenvalue weighted by molar-refractivity contribution is 7.89. The molecule has 2 N–H and O–H groups in total. The fourth-order valence-corrected chi connectivity index (χ4v) is 3.92. The summed E-state index contributed by atoms with van der Waals surface area (Å²) in [7, 11) is -2.04. The van der Waals surface area contributed by atoms with Crippen LogP contribution >= 0.6 is 11.3 Å². The minimum absolute atomic E-state index is 0.0411. The van der Waals surface area contributed by atoms with Crippen molar-refractivity contribution >= 4 is 27.3 Å². The van der Waals surface area contributed by atoms with Crippen molar-refractivity contribution in [3.05, 3.63) is 71.2 Å². The van der Waals surface area contributed by atoms with E-state index in [2.05, 4.69) is 4.98 Å². The third kappa shape index (κ3) is 4.24. The highest BCUT2D eigenvalue weighted by Gasteiger charge is 2.22. The van der Waals surface area contributed by atoms with Gasteiger partial charge in [-0.05, 0) is 24.6 Å². The molecule has 6 nitrogen and oxygen atoms in total. The van der Waals surface area contributed by atoms with Gasteiger partial charge in [0.15, 0.2) is 0 Å². The second-order valence-corrected chi connectivity index (χ2v) is 8.53. The molecule has 140 valence electrons. The summed E-state index contributed by atoms with van der Waals surface area (Å²) in [5.41, 5.74) is 2.15. The molecular weight excluding hydrogens is 382 g/mol. The summed E-state index contributed by atoms with van der Waals surface area (Å²) in [6.07, 6.45) is 0. The van der Waals surface area contributed by atoms with Crippen molar-refractivity contribution < 1.29 is 13.2 Å². The van der Waals surface area contributed by atoms with E-state index >= 15 is 0 Å². The smallest absolute Gasteiger partial charge is 0.273 e. The fraction of sp³-hybridized carbons (Fsp3) is 0.158. The molecule has 3 rings (SSSR count). The lowest BCUT2D eigenvalue weighted by Gasteiger charge is -2.24. The van der Waals surface area contributed by atoms with Gasteiger partial charge in [0.2, 0.25) is 10.0 Å². The molecule has 1 aromatic heterocycles. The molecule has 3 aromatic rings. The Morgan fingerprint density at radius 1 is 1.11 bits per heavy atom. The predicted octanol–water partition coefficient (Wildman–Crippen LogP) is 3.29. The van der Waals surface area contributed by atoms with Crippen LogP contribution in [0, 0.1) is 0 Å². The molecule has 0 saturated carbocycles. The second kappa shape index (κ2) is 7.59. The maximum Gasteiger partial charge on any atom is 0.273 e. The first-order valence-corrected chi connectivity index (χ1v) is 10.6. The van der Waals surface area contributed by atoms with Crippen molar-refractivity contribution in [2.24, 2.45) is 5.14 Å². The number of primary sulfonamides is 1. The molecule has 1 atom stereocenters. The number of sulfonamides is 1. The summed E-state index contributed by atoms with van der Waals surface area (Å²) >= 11 is 1.42. The molecule has 0 fully saturated rings. The van der Waals surface area contributed by atoms with Crippen LogP contribution in [0.1, 0.15) is 29.0 Å². The number of rotatable bonds is 5. The number of carbonyl (C=O) groups excluding carboxylic acids is 1. The SMILES string of the molecule is C[C@@H](c1ccc(S(N)(=O)=O)cc1)N(C)C(=O)c1csc(-c2ccccc2)n1. The number of thiazole rings is 1. The van der Waals surface area contributed by atoms with Crippen LogP contribution in [0.15, 0.2) is 64.9 Å². The van der Waals surface area contributed by atoms with E-state index < -0.39 is 10.0 Å². The van der Waals surface area contributed by atoms with Gasteiger partial charge >= 0.3 is 0 Å². The van der Waals surface area contributed by atoms with Crippen molar-refractivity contribution in [1.82, 2.24) is 9.88 Å². The van der Waals surface area contributed by atoms with Crippen molar-refractivity contribution in [3.8, 4) is 10.6 Å². The maximum atomic E-state index is 12.8. The Bertz CT molecular complexity index is 1050. The van der Waals surface area contributed by atoms with Crippen molar-refractivity contribution in [2.75, 3.05) is 7.05 Å². The number of aromatic nitrogens is 1. The molecule has 0 saturated heterocycles. The molecule has 0 spiro atoms. The summed E-state index contributed by atoms with van der Waals surface area (Å²) in [4.78, 5) is 18.9. The fourth-order valence-electron chi connectivity index (χ4n) is 2.60. The van der Waals surface area contributed by atoms with Gasteiger partial charge in [-0.25, -0.2) is 18.5 Å². The Morgan fingerprint density at radius 2 is 1.74 bits per heavy atom. The molecule has 0 aliphatic rings. The van der Waals surface area contributed by atoms with Crippen LogP contribution in [0.3, 0.4) is 0 Å². The van der Waals surface area contributed by atoms with Crippen LogP contribution in [0.25, 0.3) is 10.6 Å². The van der Waals surface area contributed by atoms with Gasteiger partial charge < -0.3 is 4.90 Å². The van der Waals surface area contributed by atoms with Crippen LogP contribution in [-0.4, -0.2) is 31.3 Å². The molecular formula is C19H19N3O3S2. The molecule has 0 aliphatic carbocycles. The zero-order chi connectivity index (χ0) is 19.6. The number of benzene rings is 2. The molecule has 0 bridgehead atoms. The Morgan fingerprint density at radius 3 is 2.33 bits per heavy atom. The Labute approximate surface area is 162 Å². The Kier molecular flexibility index (Phi) is 5.41. The van der Waals surface area contributed by atoms with E-state index in [0.717, 1.165) is 16.1 Å². The van der Waals surface area contributed by atoms with Crippen LogP contribution in [-0.2, 0) is 10.0 Å². The van der Waals surface area contributed by atoms with E-state index in [4.69, 9.17) is 5.14 Å². The summed E-state index contributed by atoms with van der Waals surface area (Å²) in [5.74, 6) is -0.198. The summed E-state index contributed by atoms with van der Waals surface area (Å²) in [6, 6.07) is 15.6. The van der Waals surface area contributed by atoms with Crippen molar-refractivity contribution in [3.63, 3.8) is 0 Å².